The van der Waals surface area contributed by atoms with E-state index in [-0.39, 0.29) is 24.9 Å². The number of halogens is 2. The van der Waals surface area contributed by atoms with Gasteiger partial charge in [0.25, 0.3) is 11.1 Å². The normalized spacial score (nSPS) is 26.2. The minimum atomic E-state index is -2.56. The van der Waals surface area contributed by atoms with E-state index in [1.807, 2.05) is 20.8 Å². The molecule has 0 aromatic carbocycles. The highest BCUT2D eigenvalue weighted by Crippen LogP contribution is 2.41. The van der Waals surface area contributed by atoms with E-state index in [0.717, 1.165) is 56.9 Å². The van der Waals surface area contributed by atoms with Crippen molar-refractivity contribution < 1.29 is 23.0 Å². The van der Waals surface area contributed by atoms with Crippen LogP contribution < -0.4 is 4.74 Å². The molecular weight excluding hydrogens is 446 g/mol. The van der Waals surface area contributed by atoms with Crippen LogP contribution in [0.5, 0.6) is 5.19 Å². The van der Waals surface area contributed by atoms with Gasteiger partial charge in [-0.2, -0.15) is 0 Å². The summed E-state index contributed by atoms with van der Waals surface area (Å²) in [6.45, 7) is 8.88. The van der Waals surface area contributed by atoms with E-state index in [9.17, 15) is 13.6 Å². The van der Waals surface area contributed by atoms with Gasteiger partial charge in [0.1, 0.15) is 11.7 Å². The number of carbonyl (C=O) groups is 1. The summed E-state index contributed by atoms with van der Waals surface area (Å²) in [7, 11) is 0. The first kappa shape index (κ1) is 24.8. The zero-order chi connectivity index (χ0) is 23.6. The predicted molar refractivity (Wildman–Crippen MR) is 125 cm³/mol. The number of hydrogen-bond acceptors (Lipinski definition) is 6. The Morgan fingerprint density at radius 1 is 1.12 bits per heavy atom. The van der Waals surface area contributed by atoms with Gasteiger partial charge in [0.15, 0.2) is 0 Å². The zero-order valence-corrected chi connectivity index (χ0v) is 21.0. The van der Waals surface area contributed by atoms with Gasteiger partial charge in [-0.25, -0.2) is 13.8 Å². The van der Waals surface area contributed by atoms with Crippen LogP contribution in [0.25, 0.3) is 0 Å². The first-order valence-electron chi connectivity index (χ1n) is 12.5. The van der Waals surface area contributed by atoms with E-state index in [4.69, 9.17) is 9.47 Å². The molecule has 0 spiro atoms. The molecule has 2 saturated carbocycles. The molecule has 4 rings (SSSR count). The summed E-state index contributed by atoms with van der Waals surface area (Å²) in [4.78, 5) is 20.5. The number of fused-ring (bicyclic) bond motifs is 1. The lowest BCUT2D eigenvalue weighted by Crippen LogP contribution is -2.43. The second-order valence-electron chi connectivity index (χ2n) is 11.2. The van der Waals surface area contributed by atoms with Crippen molar-refractivity contribution in [2.24, 2.45) is 11.8 Å². The van der Waals surface area contributed by atoms with Crippen molar-refractivity contribution in [2.75, 3.05) is 19.6 Å². The molecule has 5 nitrogen and oxygen atoms in total. The van der Waals surface area contributed by atoms with Crippen LogP contribution in [0.15, 0.2) is 0 Å². The fraction of sp³-hybridized carbons (Fsp3) is 0.840. The fourth-order valence-electron chi connectivity index (χ4n) is 5.20. The van der Waals surface area contributed by atoms with Crippen molar-refractivity contribution in [1.29, 1.82) is 0 Å². The third-order valence-electron chi connectivity index (χ3n) is 7.09. The Morgan fingerprint density at radius 2 is 1.79 bits per heavy atom. The van der Waals surface area contributed by atoms with E-state index in [0.29, 0.717) is 17.5 Å². The molecule has 3 aliphatic rings. The molecule has 0 amide bonds. The molecule has 0 unspecified atom stereocenters. The zero-order valence-electron chi connectivity index (χ0n) is 20.2. The van der Waals surface area contributed by atoms with Crippen LogP contribution in [-0.4, -0.2) is 53.1 Å². The van der Waals surface area contributed by atoms with Gasteiger partial charge in [0, 0.05) is 43.6 Å². The average molecular weight is 485 g/mol. The van der Waals surface area contributed by atoms with Gasteiger partial charge in [-0.05, 0) is 64.8 Å². The van der Waals surface area contributed by atoms with E-state index in [1.165, 1.54) is 24.1 Å². The van der Waals surface area contributed by atoms with E-state index in [2.05, 4.69) is 9.88 Å². The molecular formula is C25H38F2N2O3S. The summed E-state index contributed by atoms with van der Waals surface area (Å²) >= 11 is 1.54. The second kappa shape index (κ2) is 10.1. The summed E-state index contributed by atoms with van der Waals surface area (Å²) in [6, 6.07) is 0. The van der Waals surface area contributed by atoms with Gasteiger partial charge in [-0.3, -0.25) is 4.79 Å². The molecule has 186 valence electrons. The number of rotatable bonds is 7. The van der Waals surface area contributed by atoms with Gasteiger partial charge >= 0.3 is 5.97 Å². The molecule has 1 aliphatic heterocycles. The lowest BCUT2D eigenvalue weighted by atomic mass is 9.79. The summed E-state index contributed by atoms with van der Waals surface area (Å²) in [5, 5.41) is 0.567. The molecule has 8 heteroatoms. The summed E-state index contributed by atoms with van der Waals surface area (Å²) < 4.78 is 37.2. The highest BCUT2D eigenvalue weighted by atomic mass is 32.1. The summed E-state index contributed by atoms with van der Waals surface area (Å²) in [5.74, 6) is -1.40. The van der Waals surface area contributed by atoms with Gasteiger partial charge in [0.05, 0.1) is 5.69 Å². The highest BCUT2D eigenvalue weighted by molar-refractivity contribution is 7.13. The molecule has 0 radical (unpaired) electrons. The average Bonchev–Trinajstić information content (AvgIpc) is 2.97. The van der Waals surface area contributed by atoms with Crippen LogP contribution in [0.1, 0.15) is 82.7 Å². The lowest BCUT2D eigenvalue weighted by Gasteiger charge is -2.33. The molecule has 1 aromatic rings. The Balaban J connectivity index is 1.14. The Bertz CT molecular complexity index is 782. The van der Waals surface area contributed by atoms with Crippen LogP contribution in [0.2, 0.25) is 0 Å². The number of thiazole rings is 1. The topological polar surface area (TPSA) is 51.7 Å². The molecule has 0 saturated heterocycles. The maximum Gasteiger partial charge on any atom is 0.306 e. The molecule has 0 bridgehead atoms. The van der Waals surface area contributed by atoms with Crippen molar-refractivity contribution in [3.63, 3.8) is 0 Å². The second-order valence-corrected chi connectivity index (χ2v) is 12.2. The molecule has 2 fully saturated rings. The molecule has 33 heavy (non-hydrogen) atoms. The number of carbonyl (C=O) groups excluding carboxylic acids is 1. The molecule has 2 heterocycles. The van der Waals surface area contributed by atoms with E-state index in [1.54, 1.807) is 11.3 Å². The van der Waals surface area contributed by atoms with Crippen molar-refractivity contribution >= 4 is 17.3 Å². The van der Waals surface area contributed by atoms with Crippen LogP contribution in [0.4, 0.5) is 8.78 Å². The third-order valence-corrected chi connectivity index (χ3v) is 8.14. The Kier molecular flexibility index (Phi) is 7.63. The minimum Gasteiger partial charge on any atom is -0.466 e. The SMILES string of the molecule is CC(C)(C)OC(=O)CC1CCC(CCN2CCc3nc(OC4CC(F)(F)C4)sc3CC2)CC1. The first-order chi connectivity index (χ1) is 15.5. The Hall–Kier alpha value is -1.28. The number of aromatic nitrogens is 1. The maximum absolute atomic E-state index is 13.0. The van der Waals surface area contributed by atoms with E-state index >= 15 is 0 Å². The Labute approximate surface area is 200 Å². The van der Waals surface area contributed by atoms with Gasteiger partial charge in [-0.1, -0.05) is 24.2 Å². The molecule has 0 N–H and O–H groups in total. The number of esters is 1. The Morgan fingerprint density at radius 3 is 2.45 bits per heavy atom. The van der Waals surface area contributed by atoms with Crippen LogP contribution in [0.3, 0.4) is 0 Å². The van der Waals surface area contributed by atoms with Crippen LogP contribution >= 0.6 is 11.3 Å². The van der Waals surface area contributed by atoms with Crippen molar-refractivity contribution in [3.05, 3.63) is 10.6 Å². The summed E-state index contributed by atoms with van der Waals surface area (Å²) in [6.07, 6.45) is 7.53. The third kappa shape index (κ3) is 7.35. The van der Waals surface area contributed by atoms with Crippen LogP contribution in [0, 0.1) is 11.8 Å². The maximum atomic E-state index is 13.0. The number of nitrogens with zero attached hydrogens (tertiary/aromatic N) is 2. The standard InChI is InChI=1S/C25H38F2N2O3S/c1-24(2,3)32-22(30)14-18-6-4-17(5-7-18)8-11-29-12-9-20-21(10-13-29)33-23(28-20)31-19-15-25(26,27)16-19/h17-19H,4-16H2,1-3H3. The van der Waals surface area contributed by atoms with Crippen molar-refractivity contribution in [2.45, 2.75) is 103 Å². The molecule has 2 aliphatic carbocycles. The highest BCUT2D eigenvalue weighted by Gasteiger charge is 2.47. The predicted octanol–water partition coefficient (Wildman–Crippen LogP) is 5.65. The van der Waals surface area contributed by atoms with Gasteiger partial charge in [0.2, 0.25) is 0 Å². The van der Waals surface area contributed by atoms with Crippen LogP contribution in [-0.2, 0) is 22.4 Å². The lowest BCUT2D eigenvalue weighted by molar-refractivity contribution is -0.156. The summed E-state index contributed by atoms with van der Waals surface area (Å²) in [5.41, 5.74) is 0.690. The quantitative estimate of drug-likeness (QED) is 0.468. The largest absolute Gasteiger partial charge is 0.466 e. The monoisotopic (exact) mass is 484 g/mol. The number of alkyl halides is 2. The fourth-order valence-corrected chi connectivity index (χ4v) is 6.21. The van der Waals surface area contributed by atoms with Crippen molar-refractivity contribution in [3.8, 4) is 5.19 Å². The van der Waals surface area contributed by atoms with E-state index < -0.39 is 11.5 Å². The smallest absolute Gasteiger partial charge is 0.306 e. The van der Waals surface area contributed by atoms with Gasteiger partial charge in [-0.15, -0.1) is 0 Å². The first-order valence-corrected chi connectivity index (χ1v) is 13.3. The van der Waals surface area contributed by atoms with Gasteiger partial charge < -0.3 is 14.4 Å². The molecule has 0 atom stereocenters. The number of ether oxygens (including phenoxy) is 2. The minimum absolute atomic E-state index is 0.0595. The van der Waals surface area contributed by atoms with Crippen molar-refractivity contribution in [1.82, 2.24) is 9.88 Å². The number of hydrogen-bond donors (Lipinski definition) is 0. The molecule has 1 aromatic heterocycles.